The lowest BCUT2D eigenvalue weighted by molar-refractivity contribution is 0.0788. The van der Waals surface area contributed by atoms with E-state index in [4.69, 9.17) is 0 Å². The van der Waals surface area contributed by atoms with Gasteiger partial charge in [-0.2, -0.15) is 5.10 Å². The molecule has 0 saturated carbocycles. The quantitative estimate of drug-likeness (QED) is 0.658. The van der Waals surface area contributed by atoms with E-state index in [1.54, 1.807) is 4.90 Å². The second kappa shape index (κ2) is 8.33. The SMILES string of the molecule is CCc1cnc(C)nc1-c1cccc(C(=O)N(C)CCn2nc(C)cc2C)c1. The molecule has 0 unspecified atom stereocenters. The van der Waals surface area contributed by atoms with Gasteiger partial charge in [-0.25, -0.2) is 9.97 Å². The Labute approximate surface area is 166 Å². The van der Waals surface area contributed by atoms with E-state index in [1.807, 2.05) is 69.0 Å². The summed E-state index contributed by atoms with van der Waals surface area (Å²) in [5.74, 6) is 0.721. The summed E-state index contributed by atoms with van der Waals surface area (Å²) < 4.78 is 1.94. The summed E-state index contributed by atoms with van der Waals surface area (Å²) in [5.41, 5.74) is 5.67. The maximum absolute atomic E-state index is 12.9. The highest BCUT2D eigenvalue weighted by Crippen LogP contribution is 2.23. The van der Waals surface area contributed by atoms with Crippen LogP contribution in [0.25, 0.3) is 11.3 Å². The third kappa shape index (κ3) is 4.27. The first-order valence-electron chi connectivity index (χ1n) is 9.58. The summed E-state index contributed by atoms with van der Waals surface area (Å²) >= 11 is 0. The molecule has 0 saturated heterocycles. The van der Waals surface area contributed by atoms with E-state index < -0.39 is 0 Å². The first-order valence-corrected chi connectivity index (χ1v) is 9.58. The van der Waals surface area contributed by atoms with Crippen molar-refractivity contribution in [2.24, 2.45) is 0 Å². The highest BCUT2D eigenvalue weighted by atomic mass is 16.2. The van der Waals surface area contributed by atoms with Crippen LogP contribution in [0.5, 0.6) is 0 Å². The first-order chi connectivity index (χ1) is 13.4. The van der Waals surface area contributed by atoms with Crippen LogP contribution in [0.4, 0.5) is 0 Å². The van der Waals surface area contributed by atoms with E-state index in [2.05, 4.69) is 22.0 Å². The van der Waals surface area contributed by atoms with Crippen molar-refractivity contribution in [3.63, 3.8) is 0 Å². The standard InChI is InChI=1S/C22H27N5O/c1-6-18-14-23-17(4)24-21(18)19-8-7-9-20(13-19)22(28)26(5)10-11-27-16(3)12-15(2)25-27/h7-9,12-14H,6,10-11H2,1-5H3. The van der Waals surface area contributed by atoms with E-state index in [-0.39, 0.29) is 5.91 Å². The van der Waals surface area contributed by atoms with E-state index in [9.17, 15) is 4.79 Å². The Morgan fingerprint density at radius 2 is 1.96 bits per heavy atom. The number of benzene rings is 1. The molecule has 0 aliphatic carbocycles. The molecule has 0 fully saturated rings. The number of rotatable bonds is 6. The van der Waals surface area contributed by atoms with Crippen LogP contribution in [0.1, 0.15) is 40.1 Å². The van der Waals surface area contributed by atoms with Crippen LogP contribution in [0.15, 0.2) is 36.5 Å². The van der Waals surface area contributed by atoms with E-state index in [0.29, 0.717) is 18.7 Å². The van der Waals surface area contributed by atoms with Gasteiger partial charge in [0.1, 0.15) is 5.82 Å². The maximum Gasteiger partial charge on any atom is 0.253 e. The summed E-state index contributed by atoms with van der Waals surface area (Å²) in [6, 6.07) is 9.72. The van der Waals surface area contributed by atoms with Crippen LogP contribution in [-0.2, 0) is 13.0 Å². The van der Waals surface area contributed by atoms with Crippen LogP contribution in [0.2, 0.25) is 0 Å². The Morgan fingerprint density at radius 3 is 2.64 bits per heavy atom. The van der Waals surface area contributed by atoms with Gasteiger partial charge in [-0.1, -0.05) is 19.1 Å². The van der Waals surface area contributed by atoms with Crippen LogP contribution >= 0.6 is 0 Å². The second-order valence-corrected chi connectivity index (χ2v) is 7.10. The number of aryl methyl sites for hydroxylation is 4. The minimum absolute atomic E-state index is 0.00722. The number of aromatic nitrogens is 4. The van der Waals surface area contributed by atoms with Crippen molar-refractivity contribution >= 4 is 5.91 Å². The third-order valence-corrected chi connectivity index (χ3v) is 4.85. The molecule has 6 heteroatoms. The molecule has 2 aromatic heterocycles. The van der Waals surface area contributed by atoms with Gasteiger partial charge >= 0.3 is 0 Å². The van der Waals surface area contributed by atoms with E-state index in [0.717, 1.165) is 40.5 Å². The largest absolute Gasteiger partial charge is 0.340 e. The molecule has 0 radical (unpaired) electrons. The molecule has 0 aliphatic heterocycles. The Morgan fingerprint density at radius 1 is 1.18 bits per heavy atom. The van der Waals surface area contributed by atoms with Crippen molar-refractivity contribution in [1.29, 1.82) is 0 Å². The van der Waals surface area contributed by atoms with E-state index >= 15 is 0 Å². The van der Waals surface area contributed by atoms with Crippen molar-refractivity contribution in [3.8, 4) is 11.3 Å². The van der Waals surface area contributed by atoms with Crippen molar-refractivity contribution in [2.75, 3.05) is 13.6 Å². The fourth-order valence-corrected chi connectivity index (χ4v) is 3.27. The normalized spacial score (nSPS) is 10.9. The third-order valence-electron chi connectivity index (χ3n) is 4.85. The number of nitrogens with zero attached hydrogens (tertiary/aromatic N) is 5. The maximum atomic E-state index is 12.9. The number of hydrogen-bond donors (Lipinski definition) is 0. The molecule has 3 rings (SSSR count). The molecule has 0 bridgehead atoms. The summed E-state index contributed by atoms with van der Waals surface area (Å²) in [5, 5.41) is 4.46. The molecule has 146 valence electrons. The van der Waals surface area contributed by atoms with E-state index in [1.165, 1.54) is 0 Å². The van der Waals surface area contributed by atoms with Crippen LogP contribution in [-0.4, -0.2) is 44.1 Å². The molecule has 0 N–H and O–H groups in total. The number of hydrogen-bond acceptors (Lipinski definition) is 4. The van der Waals surface area contributed by atoms with Gasteiger partial charge in [-0.05, 0) is 51.0 Å². The Kier molecular flexibility index (Phi) is 5.87. The smallest absolute Gasteiger partial charge is 0.253 e. The van der Waals surface area contributed by atoms with Gasteiger partial charge in [0.05, 0.1) is 17.9 Å². The zero-order valence-corrected chi connectivity index (χ0v) is 17.2. The molecule has 0 aliphatic rings. The molecule has 3 aromatic rings. The zero-order chi connectivity index (χ0) is 20.3. The van der Waals surface area contributed by atoms with Gasteiger partial charge in [0, 0.05) is 36.6 Å². The molecular formula is C22H27N5O. The lowest BCUT2D eigenvalue weighted by Gasteiger charge is -2.18. The predicted molar refractivity (Wildman–Crippen MR) is 110 cm³/mol. The summed E-state index contributed by atoms with van der Waals surface area (Å²) in [6.07, 6.45) is 2.71. The number of likely N-dealkylation sites (N-methyl/N-ethyl adjacent to an activating group) is 1. The lowest BCUT2D eigenvalue weighted by Crippen LogP contribution is -2.30. The fourth-order valence-electron chi connectivity index (χ4n) is 3.27. The number of carbonyl (C=O) groups excluding carboxylic acids is 1. The van der Waals surface area contributed by atoms with Gasteiger partial charge < -0.3 is 4.90 Å². The molecule has 28 heavy (non-hydrogen) atoms. The molecule has 0 spiro atoms. The molecule has 1 amide bonds. The minimum atomic E-state index is -0.00722. The fraction of sp³-hybridized carbons (Fsp3) is 0.364. The number of amides is 1. The second-order valence-electron chi connectivity index (χ2n) is 7.10. The van der Waals surface area contributed by atoms with Crippen molar-refractivity contribution in [2.45, 2.75) is 40.7 Å². The molecule has 1 aromatic carbocycles. The highest BCUT2D eigenvalue weighted by Gasteiger charge is 2.15. The summed E-state index contributed by atoms with van der Waals surface area (Å²) in [6.45, 7) is 9.23. The average Bonchev–Trinajstić information content (AvgIpc) is 3.02. The topological polar surface area (TPSA) is 63.9 Å². The average molecular weight is 377 g/mol. The Hall–Kier alpha value is -3.02. The zero-order valence-electron chi connectivity index (χ0n) is 17.2. The molecule has 6 nitrogen and oxygen atoms in total. The van der Waals surface area contributed by atoms with Gasteiger partial charge in [-0.3, -0.25) is 9.48 Å². The van der Waals surface area contributed by atoms with Crippen molar-refractivity contribution in [3.05, 3.63) is 64.9 Å². The summed E-state index contributed by atoms with van der Waals surface area (Å²) in [7, 11) is 1.83. The number of carbonyl (C=O) groups is 1. The van der Waals surface area contributed by atoms with Crippen molar-refractivity contribution in [1.82, 2.24) is 24.6 Å². The molecule has 2 heterocycles. The van der Waals surface area contributed by atoms with Gasteiger partial charge in [0.2, 0.25) is 0 Å². The van der Waals surface area contributed by atoms with Gasteiger partial charge in [0.25, 0.3) is 5.91 Å². The van der Waals surface area contributed by atoms with Crippen LogP contribution in [0, 0.1) is 20.8 Å². The Balaban J connectivity index is 1.78. The molecule has 0 atom stereocenters. The highest BCUT2D eigenvalue weighted by molar-refractivity contribution is 5.95. The van der Waals surface area contributed by atoms with Crippen molar-refractivity contribution < 1.29 is 4.79 Å². The monoisotopic (exact) mass is 377 g/mol. The minimum Gasteiger partial charge on any atom is -0.340 e. The Bertz CT molecular complexity index is 992. The first kappa shape index (κ1) is 19.7. The van der Waals surface area contributed by atoms with Crippen LogP contribution in [0.3, 0.4) is 0 Å². The van der Waals surface area contributed by atoms with Gasteiger partial charge in [0.15, 0.2) is 0 Å². The lowest BCUT2D eigenvalue weighted by atomic mass is 10.0. The molecular weight excluding hydrogens is 350 g/mol. The van der Waals surface area contributed by atoms with Crippen LogP contribution < -0.4 is 0 Å². The predicted octanol–water partition coefficient (Wildman–Crippen LogP) is 3.60. The summed E-state index contributed by atoms with van der Waals surface area (Å²) in [4.78, 5) is 23.6. The van der Waals surface area contributed by atoms with Gasteiger partial charge in [-0.15, -0.1) is 0 Å².